The van der Waals surface area contributed by atoms with Gasteiger partial charge < -0.3 is 0 Å². The van der Waals surface area contributed by atoms with E-state index in [-0.39, 0.29) is 5.69 Å². The van der Waals surface area contributed by atoms with Crippen LogP contribution in [0.2, 0.25) is 0 Å². The van der Waals surface area contributed by atoms with Gasteiger partial charge >= 0.3 is 6.18 Å². The molecule has 0 aliphatic heterocycles. The molecule has 0 amide bonds. The first-order valence-corrected chi connectivity index (χ1v) is 5.43. The molecule has 1 heterocycles. The van der Waals surface area contributed by atoms with Crippen LogP contribution in [0.25, 0.3) is 11.9 Å². The molecule has 6 heteroatoms. The van der Waals surface area contributed by atoms with E-state index in [0.717, 1.165) is 18.2 Å². The summed E-state index contributed by atoms with van der Waals surface area (Å²) in [6, 6.07) is 5.75. The second kappa shape index (κ2) is 4.87. The number of nitrogens with zero attached hydrogens (tertiary/aromatic N) is 1. The lowest BCUT2D eigenvalue weighted by molar-refractivity contribution is -0.137. The molecule has 0 aliphatic carbocycles. The van der Waals surface area contributed by atoms with Crippen LogP contribution in [0.15, 0.2) is 30.3 Å². The van der Waals surface area contributed by atoms with Crippen molar-refractivity contribution in [3.63, 3.8) is 0 Å². The molecule has 0 radical (unpaired) electrons. The van der Waals surface area contributed by atoms with Gasteiger partial charge in [-0.1, -0.05) is 12.1 Å². The number of halogens is 4. The highest BCUT2D eigenvalue weighted by atomic mass is 19.4. The highest BCUT2D eigenvalue weighted by Gasteiger charge is 2.29. The summed E-state index contributed by atoms with van der Waals surface area (Å²) in [4.78, 5) is 0. The fraction of sp³-hybridized carbons (Fsp3) is 0.154. The third-order valence-corrected chi connectivity index (χ3v) is 2.48. The van der Waals surface area contributed by atoms with E-state index in [2.05, 4.69) is 10.2 Å². The quantitative estimate of drug-likeness (QED) is 0.814. The summed E-state index contributed by atoms with van der Waals surface area (Å²) in [5.74, 6) is -0.607. The van der Waals surface area contributed by atoms with Crippen LogP contribution < -0.4 is 0 Å². The summed E-state index contributed by atoms with van der Waals surface area (Å²) >= 11 is 0. The molecular formula is C13H10F4N2. The van der Waals surface area contributed by atoms with Crippen LogP contribution in [0.3, 0.4) is 0 Å². The van der Waals surface area contributed by atoms with Crippen molar-refractivity contribution in [1.82, 2.24) is 10.2 Å². The van der Waals surface area contributed by atoms with E-state index in [9.17, 15) is 17.6 Å². The lowest BCUT2D eigenvalue weighted by atomic mass is 10.1. The van der Waals surface area contributed by atoms with E-state index in [1.54, 1.807) is 6.92 Å². The van der Waals surface area contributed by atoms with Crippen LogP contribution in [0.4, 0.5) is 17.6 Å². The van der Waals surface area contributed by atoms with Gasteiger partial charge in [-0.05, 0) is 36.8 Å². The minimum absolute atomic E-state index is 0.123. The zero-order valence-electron chi connectivity index (χ0n) is 9.92. The van der Waals surface area contributed by atoms with Gasteiger partial charge in [0.2, 0.25) is 0 Å². The Balaban J connectivity index is 2.24. The first-order chi connectivity index (χ1) is 8.86. The Morgan fingerprint density at radius 3 is 2.32 bits per heavy atom. The third kappa shape index (κ3) is 3.21. The van der Waals surface area contributed by atoms with Crippen molar-refractivity contribution in [3.05, 3.63) is 52.8 Å². The number of alkyl halides is 3. The Bertz CT molecular complexity index is 594. The van der Waals surface area contributed by atoms with Crippen molar-refractivity contribution >= 4 is 11.9 Å². The van der Waals surface area contributed by atoms with Gasteiger partial charge in [-0.15, -0.1) is 0 Å². The minimum Gasteiger partial charge on any atom is -0.282 e. The van der Waals surface area contributed by atoms with Crippen LogP contribution in [0, 0.1) is 6.92 Å². The molecule has 0 saturated heterocycles. The molecule has 2 aromatic rings. The van der Waals surface area contributed by atoms with Crippen molar-refractivity contribution < 1.29 is 17.6 Å². The summed E-state index contributed by atoms with van der Waals surface area (Å²) in [7, 11) is 0. The van der Waals surface area contributed by atoms with Crippen molar-refractivity contribution in [2.75, 3.05) is 0 Å². The Hall–Kier alpha value is -2.11. The topological polar surface area (TPSA) is 28.7 Å². The Morgan fingerprint density at radius 1 is 1.21 bits per heavy atom. The molecule has 100 valence electrons. The number of hydrogen-bond acceptors (Lipinski definition) is 1. The molecule has 2 nitrogen and oxygen atoms in total. The first kappa shape index (κ1) is 13.3. The maximum Gasteiger partial charge on any atom is 0.416 e. The third-order valence-electron chi connectivity index (χ3n) is 2.48. The average molecular weight is 270 g/mol. The predicted molar refractivity (Wildman–Crippen MR) is 63.7 cm³/mol. The van der Waals surface area contributed by atoms with Gasteiger partial charge in [0.15, 0.2) is 5.83 Å². The number of hydrogen-bond donors (Lipinski definition) is 1. The molecule has 2 rings (SSSR count). The number of aryl methyl sites for hydroxylation is 1. The summed E-state index contributed by atoms with van der Waals surface area (Å²) < 4.78 is 50.8. The summed E-state index contributed by atoms with van der Waals surface area (Å²) in [6.07, 6.45) is -3.25. The lowest BCUT2D eigenvalue weighted by Gasteiger charge is -2.05. The van der Waals surface area contributed by atoms with Gasteiger partial charge in [-0.25, -0.2) is 4.39 Å². The molecule has 0 spiro atoms. The van der Waals surface area contributed by atoms with E-state index in [0.29, 0.717) is 11.3 Å². The minimum atomic E-state index is -4.39. The Morgan fingerprint density at radius 2 is 1.84 bits per heavy atom. The van der Waals surface area contributed by atoms with Crippen LogP contribution in [-0.4, -0.2) is 10.2 Å². The zero-order chi connectivity index (χ0) is 14.0. The van der Waals surface area contributed by atoms with Crippen molar-refractivity contribution in [3.8, 4) is 0 Å². The van der Waals surface area contributed by atoms with Gasteiger partial charge in [0.1, 0.15) is 5.69 Å². The second-order valence-corrected chi connectivity index (χ2v) is 4.05. The number of rotatable bonds is 2. The van der Waals surface area contributed by atoms with Gasteiger partial charge in [0.25, 0.3) is 0 Å². The lowest BCUT2D eigenvalue weighted by Crippen LogP contribution is -2.03. The zero-order valence-corrected chi connectivity index (χ0v) is 9.92. The molecule has 0 atom stereocenters. The number of aromatic amines is 1. The first-order valence-electron chi connectivity index (χ1n) is 5.43. The van der Waals surface area contributed by atoms with E-state index >= 15 is 0 Å². The van der Waals surface area contributed by atoms with E-state index < -0.39 is 17.6 Å². The predicted octanol–water partition coefficient (Wildman–Crippen LogP) is 4.20. The monoisotopic (exact) mass is 270 g/mol. The molecule has 19 heavy (non-hydrogen) atoms. The van der Waals surface area contributed by atoms with Crippen molar-refractivity contribution in [1.29, 1.82) is 0 Å². The van der Waals surface area contributed by atoms with Crippen LogP contribution >= 0.6 is 0 Å². The molecule has 0 aliphatic rings. The number of aromatic nitrogens is 2. The smallest absolute Gasteiger partial charge is 0.282 e. The molecule has 1 aromatic carbocycles. The van der Waals surface area contributed by atoms with Crippen molar-refractivity contribution in [2.24, 2.45) is 0 Å². The summed E-state index contributed by atoms with van der Waals surface area (Å²) in [5, 5.41) is 6.31. The highest BCUT2D eigenvalue weighted by molar-refractivity contribution is 5.75. The van der Waals surface area contributed by atoms with E-state index in [1.165, 1.54) is 18.2 Å². The summed E-state index contributed by atoms with van der Waals surface area (Å²) in [5.41, 5.74) is 0.398. The average Bonchev–Trinajstić information content (AvgIpc) is 2.75. The van der Waals surface area contributed by atoms with E-state index in [1.807, 2.05) is 0 Å². The highest BCUT2D eigenvalue weighted by Crippen LogP contribution is 2.29. The maximum atomic E-state index is 13.7. The summed E-state index contributed by atoms with van der Waals surface area (Å²) in [6.45, 7) is 1.72. The fourth-order valence-corrected chi connectivity index (χ4v) is 1.53. The Kier molecular flexibility index (Phi) is 3.42. The number of benzene rings is 1. The normalized spacial score (nSPS) is 12.8. The molecule has 0 unspecified atom stereocenters. The molecule has 0 bridgehead atoms. The molecule has 1 N–H and O–H groups in total. The molecule has 1 aromatic heterocycles. The van der Waals surface area contributed by atoms with E-state index in [4.69, 9.17) is 0 Å². The standard InChI is InChI=1S/C13H10F4N2/c1-8-6-12(19-18-8)11(14)7-9-2-4-10(5-3-9)13(15,16)17/h2-7H,1H3,(H,18,19). The number of nitrogens with one attached hydrogen (secondary N) is 1. The fourth-order valence-electron chi connectivity index (χ4n) is 1.53. The maximum absolute atomic E-state index is 13.7. The van der Waals surface area contributed by atoms with Crippen LogP contribution in [0.5, 0.6) is 0 Å². The second-order valence-electron chi connectivity index (χ2n) is 4.05. The van der Waals surface area contributed by atoms with Crippen LogP contribution in [0.1, 0.15) is 22.5 Å². The molecule has 0 fully saturated rings. The molecule has 0 saturated carbocycles. The SMILES string of the molecule is Cc1cc(C(F)=Cc2ccc(C(F)(F)F)cc2)n[nH]1. The van der Waals surface area contributed by atoms with Gasteiger partial charge in [0, 0.05) is 5.69 Å². The molecular weight excluding hydrogens is 260 g/mol. The Labute approximate surface area is 106 Å². The van der Waals surface area contributed by atoms with Gasteiger partial charge in [0.05, 0.1) is 5.56 Å². The van der Waals surface area contributed by atoms with Crippen LogP contribution in [-0.2, 0) is 6.18 Å². The number of H-pyrrole nitrogens is 1. The van der Waals surface area contributed by atoms with Gasteiger partial charge in [-0.3, -0.25) is 5.10 Å². The largest absolute Gasteiger partial charge is 0.416 e. The van der Waals surface area contributed by atoms with Gasteiger partial charge in [-0.2, -0.15) is 18.3 Å². The van der Waals surface area contributed by atoms with Crippen molar-refractivity contribution in [2.45, 2.75) is 13.1 Å².